The number of carbonyl (C=O) groups is 3. The Kier molecular flexibility index (Phi) is 6.43. The highest BCUT2D eigenvalue weighted by Gasteiger charge is 2.55. The quantitative estimate of drug-likeness (QED) is 0.521. The first-order valence-corrected chi connectivity index (χ1v) is 12.8. The van der Waals surface area contributed by atoms with Crippen LogP contribution in [-0.2, 0) is 16.1 Å². The fourth-order valence-corrected chi connectivity index (χ4v) is 6.82. The summed E-state index contributed by atoms with van der Waals surface area (Å²) in [6.07, 6.45) is 8.26. The minimum atomic E-state index is -0.553. The second-order valence-electron chi connectivity index (χ2n) is 11.2. The summed E-state index contributed by atoms with van der Waals surface area (Å²) in [4.78, 5) is 38.6. The van der Waals surface area contributed by atoms with Gasteiger partial charge in [0.15, 0.2) is 5.76 Å². The van der Waals surface area contributed by atoms with Crippen molar-refractivity contribution >= 4 is 23.4 Å². The van der Waals surface area contributed by atoms with Crippen molar-refractivity contribution in [2.45, 2.75) is 65.0 Å². The van der Waals surface area contributed by atoms with Gasteiger partial charge in [0, 0.05) is 17.6 Å². The van der Waals surface area contributed by atoms with E-state index in [1.54, 1.807) is 24.3 Å². The van der Waals surface area contributed by atoms with Crippen LogP contribution in [0.4, 0.5) is 5.69 Å². The minimum absolute atomic E-state index is 0.00736. The molecule has 35 heavy (non-hydrogen) atoms. The summed E-state index contributed by atoms with van der Waals surface area (Å²) in [5, 5.41) is 8.91. The molecule has 1 aromatic carbocycles. The van der Waals surface area contributed by atoms with E-state index in [4.69, 9.17) is 4.42 Å². The summed E-state index contributed by atoms with van der Waals surface area (Å²) in [5.74, 6) is 1.91. The van der Waals surface area contributed by atoms with Crippen molar-refractivity contribution in [3.63, 3.8) is 0 Å². The Morgan fingerprint density at radius 2 is 1.60 bits per heavy atom. The second kappa shape index (κ2) is 9.51. The molecule has 4 bridgehead atoms. The maximum Gasteiger partial charge on any atom is 0.291 e. The van der Waals surface area contributed by atoms with Gasteiger partial charge in [0.2, 0.25) is 11.8 Å². The molecular formula is C28H35N3O4. The van der Waals surface area contributed by atoms with Crippen molar-refractivity contribution in [1.29, 1.82) is 0 Å². The molecule has 186 valence electrons. The molecule has 0 saturated heterocycles. The van der Waals surface area contributed by atoms with Crippen LogP contribution in [0.3, 0.4) is 0 Å². The highest BCUT2D eigenvalue weighted by Crippen LogP contribution is 2.60. The number of benzene rings is 1. The number of amides is 3. The normalized spacial score (nSPS) is 27.5. The van der Waals surface area contributed by atoms with E-state index in [-0.39, 0.29) is 34.8 Å². The molecule has 0 spiro atoms. The first-order chi connectivity index (χ1) is 16.8. The summed E-state index contributed by atoms with van der Waals surface area (Å²) < 4.78 is 5.10. The molecule has 4 saturated carbocycles. The van der Waals surface area contributed by atoms with E-state index < -0.39 is 6.04 Å². The van der Waals surface area contributed by atoms with Crippen LogP contribution in [0.25, 0.3) is 0 Å². The number of hydrogen-bond donors (Lipinski definition) is 3. The number of carbonyl (C=O) groups excluding carboxylic acids is 3. The lowest BCUT2D eigenvalue weighted by atomic mass is 9.49. The monoisotopic (exact) mass is 477 g/mol. The van der Waals surface area contributed by atoms with Crippen LogP contribution in [0, 0.1) is 29.1 Å². The van der Waals surface area contributed by atoms with Gasteiger partial charge in [0.05, 0.1) is 6.26 Å². The standard InChI is InChI=1S/C28H35N3O4/c1-17(2)24(31-27(34)28-13-19-10-20(14-28)12-21(11-19)15-28)26(33)29-16-18-5-7-22(8-6-18)30-25(32)23-4-3-9-35-23/h3-9,17,19-21,24H,10-16H2,1-2H3,(H,29,33)(H,30,32)(H,31,34). The zero-order valence-corrected chi connectivity index (χ0v) is 20.5. The molecule has 4 aliphatic carbocycles. The lowest BCUT2D eigenvalue weighted by Gasteiger charge is -2.55. The highest BCUT2D eigenvalue weighted by atomic mass is 16.3. The Hall–Kier alpha value is -3.09. The van der Waals surface area contributed by atoms with Gasteiger partial charge in [-0.1, -0.05) is 26.0 Å². The van der Waals surface area contributed by atoms with Crippen molar-refractivity contribution in [3.05, 3.63) is 54.0 Å². The van der Waals surface area contributed by atoms with Gasteiger partial charge in [-0.15, -0.1) is 0 Å². The lowest BCUT2D eigenvalue weighted by molar-refractivity contribution is -0.149. The molecule has 4 aliphatic rings. The summed E-state index contributed by atoms with van der Waals surface area (Å²) in [7, 11) is 0. The molecule has 1 heterocycles. The molecule has 4 fully saturated rings. The molecule has 7 heteroatoms. The van der Waals surface area contributed by atoms with Gasteiger partial charge in [-0.05, 0) is 92.0 Å². The number of anilines is 1. The number of rotatable bonds is 8. The van der Waals surface area contributed by atoms with Crippen LogP contribution in [0.5, 0.6) is 0 Å². The fourth-order valence-electron chi connectivity index (χ4n) is 6.82. The van der Waals surface area contributed by atoms with E-state index in [0.29, 0.717) is 30.0 Å². The molecule has 0 radical (unpaired) electrons. The summed E-state index contributed by atoms with van der Waals surface area (Å²) in [6, 6.07) is 10.0. The van der Waals surface area contributed by atoms with E-state index in [9.17, 15) is 14.4 Å². The highest BCUT2D eigenvalue weighted by molar-refractivity contribution is 6.02. The predicted molar refractivity (Wildman–Crippen MR) is 132 cm³/mol. The van der Waals surface area contributed by atoms with Crippen LogP contribution >= 0.6 is 0 Å². The fraction of sp³-hybridized carbons (Fsp3) is 0.536. The minimum Gasteiger partial charge on any atom is -0.459 e. The van der Waals surface area contributed by atoms with E-state index >= 15 is 0 Å². The Bertz CT molecular complexity index is 1040. The Balaban J connectivity index is 1.16. The van der Waals surface area contributed by atoms with E-state index in [1.165, 1.54) is 25.5 Å². The van der Waals surface area contributed by atoms with Gasteiger partial charge in [0.1, 0.15) is 6.04 Å². The topological polar surface area (TPSA) is 100 Å². The van der Waals surface area contributed by atoms with Crippen molar-refractivity contribution in [2.75, 3.05) is 5.32 Å². The molecule has 6 rings (SSSR count). The Labute approximate surface area is 206 Å². The Morgan fingerprint density at radius 1 is 0.971 bits per heavy atom. The number of furan rings is 1. The maximum atomic E-state index is 13.5. The molecule has 7 nitrogen and oxygen atoms in total. The van der Waals surface area contributed by atoms with Crippen LogP contribution < -0.4 is 16.0 Å². The van der Waals surface area contributed by atoms with Crippen LogP contribution in [0.1, 0.15) is 68.5 Å². The van der Waals surface area contributed by atoms with Gasteiger partial charge in [-0.3, -0.25) is 14.4 Å². The molecular weight excluding hydrogens is 442 g/mol. The van der Waals surface area contributed by atoms with Crippen molar-refractivity contribution in [1.82, 2.24) is 10.6 Å². The molecule has 1 aromatic heterocycles. The smallest absolute Gasteiger partial charge is 0.291 e. The summed E-state index contributed by atoms with van der Waals surface area (Å²) in [6.45, 7) is 4.29. The van der Waals surface area contributed by atoms with Gasteiger partial charge < -0.3 is 20.4 Å². The first-order valence-electron chi connectivity index (χ1n) is 12.8. The van der Waals surface area contributed by atoms with Gasteiger partial charge in [0.25, 0.3) is 5.91 Å². The molecule has 1 atom stereocenters. The third-order valence-electron chi connectivity index (χ3n) is 8.18. The second-order valence-corrected chi connectivity index (χ2v) is 11.2. The summed E-state index contributed by atoms with van der Waals surface area (Å²) >= 11 is 0. The van der Waals surface area contributed by atoms with E-state index in [0.717, 1.165) is 24.8 Å². The van der Waals surface area contributed by atoms with Crippen molar-refractivity contribution in [3.8, 4) is 0 Å². The average Bonchev–Trinajstić information content (AvgIpc) is 3.36. The van der Waals surface area contributed by atoms with E-state index in [2.05, 4.69) is 16.0 Å². The third-order valence-corrected chi connectivity index (χ3v) is 8.18. The zero-order valence-electron chi connectivity index (χ0n) is 20.5. The van der Waals surface area contributed by atoms with E-state index in [1.807, 2.05) is 26.0 Å². The van der Waals surface area contributed by atoms with Gasteiger partial charge >= 0.3 is 0 Å². The number of nitrogens with one attached hydrogen (secondary N) is 3. The predicted octanol–water partition coefficient (Wildman–Crippen LogP) is 4.51. The first kappa shape index (κ1) is 23.6. The van der Waals surface area contributed by atoms with Gasteiger partial charge in [-0.25, -0.2) is 0 Å². The lowest BCUT2D eigenvalue weighted by Crippen LogP contribution is -2.58. The largest absolute Gasteiger partial charge is 0.459 e. The maximum absolute atomic E-state index is 13.5. The van der Waals surface area contributed by atoms with Crippen LogP contribution in [0.15, 0.2) is 47.1 Å². The molecule has 1 unspecified atom stereocenters. The molecule has 3 N–H and O–H groups in total. The molecule has 3 amide bonds. The third kappa shape index (κ3) is 5.00. The molecule has 2 aromatic rings. The average molecular weight is 478 g/mol. The summed E-state index contributed by atoms with van der Waals surface area (Å²) in [5.41, 5.74) is 1.28. The number of hydrogen-bond acceptors (Lipinski definition) is 4. The Morgan fingerprint density at radius 3 is 2.14 bits per heavy atom. The SMILES string of the molecule is CC(C)C(NC(=O)C12CC3CC(CC(C3)C1)C2)C(=O)NCc1ccc(NC(=O)c2ccco2)cc1. The van der Waals surface area contributed by atoms with Gasteiger partial charge in [-0.2, -0.15) is 0 Å². The van der Waals surface area contributed by atoms with Crippen molar-refractivity contribution in [2.24, 2.45) is 29.1 Å². The molecule has 0 aliphatic heterocycles. The van der Waals surface area contributed by atoms with Crippen LogP contribution in [0.2, 0.25) is 0 Å². The zero-order chi connectivity index (χ0) is 24.6. The van der Waals surface area contributed by atoms with Crippen molar-refractivity contribution < 1.29 is 18.8 Å². The van der Waals surface area contributed by atoms with Crippen LogP contribution in [-0.4, -0.2) is 23.8 Å².